The van der Waals surface area contributed by atoms with Gasteiger partial charge in [-0.3, -0.25) is 0 Å². The summed E-state index contributed by atoms with van der Waals surface area (Å²) in [6, 6.07) is 0. The molecular formula is C18H32O15. The topological polar surface area (TPSA) is 248 Å². The molecule has 0 amide bonds. The number of hydrogen-bond donors (Lipinski definition) is 10. The number of aliphatic hydroxyl groups excluding tert-OH is 10. The van der Waals surface area contributed by atoms with Crippen LogP contribution >= 0.6 is 0 Å². The predicted molar refractivity (Wildman–Crippen MR) is 99.9 cm³/mol. The van der Waals surface area contributed by atoms with Crippen LogP contribution in [0.15, 0.2) is 0 Å². The van der Waals surface area contributed by atoms with Crippen LogP contribution in [0.3, 0.4) is 0 Å². The highest BCUT2D eigenvalue weighted by Gasteiger charge is 2.49. The summed E-state index contributed by atoms with van der Waals surface area (Å²) in [5, 5.41) is 98.9. The molecule has 15 heteroatoms. The lowest BCUT2D eigenvalue weighted by Gasteiger charge is -2.45. The van der Waals surface area contributed by atoms with Gasteiger partial charge >= 0.3 is 0 Å². The summed E-state index contributed by atoms with van der Waals surface area (Å²) in [5.74, 6) is 0. The standard InChI is InChI=1S/C18H32O15/c19-2-7-5(21)1-6(22)17(31-7)33-15-11(24)9(30-16(28)14(15)27)4-29-18-13(26)12(25)10(23)8(3-20)32-18/h5-28H,1-4H2/t5-,6-,7+,8+,9+,10+,11+,12-,13-,14-,15-,16+,17+,18-/m0/s1. The first kappa shape index (κ1) is 27.0. The quantitative estimate of drug-likeness (QED) is 0.160. The van der Waals surface area contributed by atoms with Gasteiger partial charge in [0, 0.05) is 6.42 Å². The van der Waals surface area contributed by atoms with Crippen LogP contribution in [0.5, 0.6) is 0 Å². The van der Waals surface area contributed by atoms with Gasteiger partial charge in [0.1, 0.15) is 61.0 Å². The Hall–Kier alpha value is -0.600. The molecule has 0 bridgehead atoms. The Balaban J connectivity index is 1.63. The number of rotatable bonds is 7. The third-order valence-corrected chi connectivity index (χ3v) is 5.94. The smallest absolute Gasteiger partial charge is 0.186 e. The summed E-state index contributed by atoms with van der Waals surface area (Å²) in [6.45, 7) is -1.81. The second kappa shape index (κ2) is 11.4. The maximum absolute atomic E-state index is 10.6. The summed E-state index contributed by atoms with van der Waals surface area (Å²) in [5.41, 5.74) is 0. The molecule has 3 saturated heterocycles. The third kappa shape index (κ3) is 5.80. The zero-order chi connectivity index (χ0) is 24.4. The molecule has 0 aromatic carbocycles. The van der Waals surface area contributed by atoms with E-state index in [2.05, 4.69) is 0 Å². The maximum atomic E-state index is 10.6. The molecule has 3 rings (SSSR count). The van der Waals surface area contributed by atoms with Crippen molar-refractivity contribution >= 4 is 0 Å². The van der Waals surface area contributed by atoms with Crippen molar-refractivity contribution in [3.05, 3.63) is 0 Å². The summed E-state index contributed by atoms with van der Waals surface area (Å²) in [7, 11) is 0. The molecule has 3 aliphatic heterocycles. The van der Waals surface area contributed by atoms with E-state index in [-0.39, 0.29) is 6.42 Å². The molecule has 0 aliphatic carbocycles. The number of hydrogen-bond acceptors (Lipinski definition) is 15. The van der Waals surface area contributed by atoms with Crippen molar-refractivity contribution in [3.8, 4) is 0 Å². The molecule has 0 aromatic rings. The molecule has 15 nitrogen and oxygen atoms in total. The number of aliphatic hydroxyl groups is 10. The minimum Gasteiger partial charge on any atom is -0.394 e. The monoisotopic (exact) mass is 488 g/mol. The van der Waals surface area contributed by atoms with Crippen molar-refractivity contribution in [2.45, 2.75) is 92.4 Å². The second-order valence-corrected chi connectivity index (χ2v) is 8.27. The highest BCUT2D eigenvalue weighted by molar-refractivity contribution is 4.93. The average molecular weight is 488 g/mol. The van der Waals surface area contributed by atoms with Crippen LogP contribution in [0.25, 0.3) is 0 Å². The summed E-state index contributed by atoms with van der Waals surface area (Å²) in [6.07, 6.45) is -21.3. The van der Waals surface area contributed by atoms with E-state index in [1.165, 1.54) is 0 Å². The van der Waals surface area contributed by atoms with E-state index in [0.29, 0.717) is 0 Å². The van der Waals surface area contributed by atoms with E-state index < -0.39 is 106 Å². The zero-order valence-corrected chi connectivity index (χ0v) is 17.4. The van der Waals surface area contributed by atoms with Crippen molar-refractivity contribution < 1.29 is 74.7 Å². The van der Waals surface area contributed by atoms with Crippen molar-refractivity contribution in [1.29, 1.82) is 0 Å². The molecule has 0 spiro atoms. The van der Waals surface area contributed by atoms with E-state index in [4.69, 9.17) is 23.7 Å². The van der Waals surface area contributed by atoms with Crippen LogP contribution in [0.1, 0.15) is 6.42 Å². The first-order chi connectivity index (χ1) is 15.6. The van der Waals surface area contributed by atoms with Gasteiger partial charge in [-0.25, -0.2) is 0 Å². The fraction of sp³-hybridized carbons (Fsp3) is 1.00. The SMILES string of the molecule is OC[C@H]1O[C@H](OC[C@H]2O[C@@H](O)[C@@H](O)[C@@H](O[C@H]3O[C@H](CO)[C@@H](O)C[C@@H]3O)[C@@H]2O)[C@@H](O)[C@@H](O)[C@@H]1O. The molecule has 3 fully saturated rings. The molecule has 14 atom stereocenters. The van der Waals surface area contributed by atoms with Gasteiger partial charge in [0.15, 0.2) is 18.9 Å². The maximum Gasteiger partial charge on any atom is 0.186 e. The molecule has 194 valence electrons. The molecule has 0 radical (unpaired) electrons. The average Bonchev–Trinajstić information content (AvgIpc) is 2.79. The molecule has 0 saturated carbocycles. The normalized spacial score (nSPS) is 51.5. The van der Waals surface area contributed by atoms with Gasteiger partial charge < -0.3 is 74.7 Å². The Kier molecular flexibility index (Phi) is 9.35. The summed E-state index contributed by atoms with van der Waals surface area (Å²) < 4.78 is 26.3. The summed E-state index contributed by atoms with van der Waals surface area (Å²) in [4.78, 5) is 0. The first-order valence-electron chi connectivity index (χ1n) is 10.5. The van der Waals surface area contributed by atoms with Gasteiger partial charge in [-0.05, 0) is 0 Å². The van der Waals surface area contributed by atoms with Crippen LogP contribution in [-0.2, 0) is 23.7 Å². The van der Waals surface area contributed by atoms with Crippen molar-refractivity contribution in [3.63, 3.8) is 0 Å². The van der Waals surface area contributed by atoms with Gasteiger partial charge in [-0.1, -0.05) is 0 Å². The molecule has 0 unspecified atom stereocenters. The van der Waals surface area contributed by atoms with Crippen LogP contribution in [0, 0.1) is 0 Å². The molecule has 10 N–H and O–H groups in total. The molecule has 3 heterocycles. The van der Waals surface area contributed by atoms with Gasteiger partial charge in [0.2, 0.25) is 0 Å². The molecule has 0 aromatic heterocycles. The van der Waals surface area contributed by atoms with Crippen LogP contribution < -0.4 is 0 Å². The zero-order valence-electron chi connectivity index (χ0n) is 17.4. The van der Waals surface area contributed by atoms with E-state index in [9.17, 15) is 51.1 Å². The second-order valence-electron chi connectivity index (χ2n) is 8.27. The lowest BCUT2D eigenvalue weighted by molar-refractivity contribution is -0.353. The summed E-state index contributed by atoms with van der Waals surface area (Å²) >= 11 is 0. The van der Waals surface area contributed by atoms with Crippen molar-refractivity contribution in [2.75, 3.05) is 19.8 Å². The first-order valence-corrected chi connectivity index (χ1v) is 10.5. The van der Waals surface area contributed by atoms with Crippen LogP contribution in [0.4, 0.5) is 0 Å². The Labute approximate surface area is 187 Å². The minimum absolute atomic E-state index is 0.211. The van der Waals surface area contributed by atoms with E-state index in [0.717, 1.165) is 0 Å². The Bertz CT molecular complexity index is 609. The lowest BCUT2D eigenvalue weighted by atomic mass is 9.97. The van der Waals surface area contributed by atoms with Gasteiger partial charge in [-0.2, -0.15) is 0 Å². The van der Waals surface area contributed by atoms with E-state index in [1.807, 2.05) is 0 Å². The van der Waals surface area contributed by atoms with Crippen molar-refractivity contribution in [2.24, 2.45) is 0 Å². The van der Waals surface area contributed by atoms with E-state index >= 15 is 0 Å². The molecule has 33 heavy (non-hydrogen) atoms. The highest BCUT2D eigenvalue weighted by atomic mass is 16.7. The van der Waals surface area contributed by atoms with E-state index in [1.54, 1.807) is 0 Å². The predicted octanol–water partition coefficient (Wildman–Crippen LogP) is -6.54. The lowest BCUT2D eigenvalue weighted by Crippen LogP contribution is -2.63. The fourth-order valence-electron chi connectivity index (χ4n) is 3.92. The van der Waals surface area contributed by atoms with Gasteiger partial charge in [-0.15, -0.1) is 0 Å². The Morgan fingerprint density at radius 3 is 1.88 bits per heavy atom. The van der Waals surface area contributed by atoms with Crippen LogP contribution in [0.2, 0.25) is 0 Å². The van der Waals surface area contributed by atoms with Gasteiger partial charge in [0.25, 0.3) is 0 Å². The number of ether oxygens (including phenoxy) is 5. The van der Waals surface area contributed by atoms with Gasteiger partial charge in [0.05, 0.1) is 25.9 Å². The Morgan fingerprint density at radius 1 is 0.606 bits per heavy atom. The molecule has 3 aliphatic rings. The molecular weight excluding hydrogens is 456 g/mol. The van der Waals surface area contributed by atoms with Crippen LogP contribution in [-0.4, -0.2) is 157 Å². The highest BCUT2D eigenvalue weighted by Crippen LogP contribution is 2.29. The largest absolute Gasteiger partial charge is 0.394 e. The third-order valence-electron chi connectivity index (χ3n) is 5.94. The Morgan fingerprint density at radius 2 is 1.24 bits per heavy atom. The fourth-order valence-corrected chi connectivity index (χ4v) is 3.92. The minimum atomic E-state index is -1.86. The van der Waals surface area contributed by atoms with Crippen molar-refractivity contribution in [1.82, 2.24) is 0 Å².